The number of piperidine rings is 1. The minimum atomic E-state index is -0.797. The molecule has 6 nitrogen and oxygen atoms in total. The molecule has 1 N–H and O–H groups in total. The van der Waals surface area contributed by atoms with Gasteiger partial charge in [0.1, 0.15) is 0 Å². The van der Waals surface area contributed by atoms with Crippen molar-refractivity contribution in [3.05, 3.63) is 24.0 Å². The first-order valence-electron chi connectivity index (χ1n) is 6.73. The largest absolute Gasteiger partial charge is 0.481 e. The zero-order valence-corrected chi connectivity index (χ0v) is 11.5. The Hall–Kier alpha value is -2.11. The number of nitrogens with zero attached hydrogens (tertiary/aromatic N) is 3. The molecule has 108 valence electrons. The maximum absolute atomic E-state index is 12.1. The van der Waals surface area contributed by atoms with Gasteiger partial charge in [-0.25, -0.2) is 0 Å². The molecule has 1 aromatic rings. The Morgan fingerprint density at radius 2 is 2.35 bits per heavy atom. The molecule has 20 heavy (non-hydrogen) atoms. The fourth-order valence-corrected chi connectivity index (χ4v) is 2.49. The van der Waals surface area contributed by atoms with Gasteiger partial charge >= 0.3 is 5.97 Å². The van der Waals surface area contributed by atoms with Crippen molar-refractivity contribution in [1.82, 2.24) is 14.7 Å². The van der Waals surface area contributed by atoms with Gasteiger partial charge in [-0.3, -0.25) is 14.3 Å². The summed E-state index contributed by atoms with van der Waals surface area (Å²) in [4.78, 5) is 24.6. The first-order chi connectivity index (χ1) is 9.56. The van der Waals surface area contributed by atoms with Crippen LogP contribution in [0.4, 0.5) is 0 Å². The second-order valence-corrected chi connectivity index (χ2v) is 5.10. The number of likely N-dealkylation sites (tertiary alicyclic amines) is 1. The predicted molar refractivity (Wildman–Crippen MR) is 73.8 cm³/mol. The number of aromatic nitrogens is 2. The SMILES string of the molecule is Cn1nccc1C=CC(=O)N1CCCC(CC(=O)O)C1. The molecule has 1 amide bonds. The first-order valence-corrected chi connectivity index (χ1v) is 6.73. The number of amides is 1. The standard InChI is InChI=1S/C14H19N3O3/c1-16-12(6-7-15-16)4-5-13(18)17-8-2-3-11(10-17)9-14(19)20/h4-7,11H,2-3,8-10H2,1H3,(H,19,20). The lowest BCUT2D eigenvalue weighted by Gasteiger charge is -2.31. The van der Waals surface area contributed by atoms with E-state index in [1.54, 1.807) is 21.9 Å². The smallest absolute Gasteiger partial charge is 0.303 e. The van der Waals surface area contributed by atoms with Gasteiger partial charge in [-0.1, -0.05) is 0 Å². The highest BCUT2D eigenvalue weighted by Crippen LogP contribution is 2.20. The van der Waals surface area contributed by atoms with E-state index in [0.29, 0.717) is 13.1 Å². The van der Waals surface area contributed by atoms with E-state index in [4.69, 9.17) is 5.11 Å². The van der Waals surface area contributed by atoms with Crippen LogP contribution in [0.1, 0.15) is 25.0 Å². The number of hydrogen-bond donors (Lipinski definition) is 1. The van der Waals surface area contributed by atoms with Gasteiger partial charge in [0.2, 0.25) is 5.91 Å². The maximum Gasteiger partial charge on any atom is 0.303 e. The summed E-state index contributed by atoms with van der Waals surface area (Å²) in [5.74, 6) is -0.800. The van der Waals surface area contributed by atoms with Gasteiger partial charge in [0.25, 0.3) is 0 Å². The topological polar surface area (TPSA) is 75.4 Å². The van der Waals surface area contributed by atoms with Gasteiger partial charge in [0, 0.05) is 38.8 Å². The minimum Gasteiger partial charge on any atom is -0.481 e. The van der Waals surface area contributed by atoms with E-state index in [0.717, 1.165) is 18.5 Å². The predicted octanol–water partition coefficient (Wildman–Crippen LogP) is 1.15. The summed E-state index contributed by atoms with van der Waals surface area (Å²) in [5, 5.41) is 12.8. The quantitative estimate of drug-likeness (QED) is 0.838. The number of aryl methyl sites for hydroxylation is 1. The fraction of sp³-hybridized carbons (Fsp3) is 0.500. The highest BCUT2D eigenvalue weighted by atomic mass is 16.4. The Morgan fingerprint density at radius 3 is 3.00 bits per heavy atom. The molecule has 1 fully saturated rings. The lowest BCUT2D eigenvalue weighted by atomic mass is 9.95. The van der Waals surface area contributed by atoms with Gasteiger partial charge in [0.05, 0.1) is 5.69 Å². The lowest BCUT2D eigenvalue weighted by molar-refractivity contribution is -0.139. The van der Waals surface area contributed by atoms with Crippen molar-refractivity contribution >= 4 is 18.0 Å². The van der Waals surface area contributed by atoms with Crippen LogP contribution in [-0.4, -0.2) is 44.8 Å². The third kappa shape index (κ3) is 3.69. The molecule has 0 aliphatic carbocycles. The number of carbonyl (C=O) groups is 2. The number of carboxylic acid groups (broad SMARTS) is 1. The van der Waals surface area contributed by atoms with Gasteiger partial charge in [-0.2, -0.15) is 5.10 Å². The van der Waals surface area contributed by atoms with Crippen LogP contribution < -0.4 is 0 Å². The van der Waals surface area contributed by atoms with Gasteiger partial charge < -0.3 is 10.0 Å². The van der Waals surface area contributed by atoms with Crippen LogP contribution in [0.5, 0.6) is 0 Å². The molecule has 0 saturated carbocycles. The summed E-state index contributed by atoms with van der Waals surface area (Å²) in [6.45, 7) is 1.23. The summed E-state index contributed by atoms with van der Waals surface area (Å²) in [6.07, 6.45) is 6.81. The molecule has 1 aliphatic heterocycles. The molecular formula is C14H19N3O3. The Labute approximate surface area is 117 Å². The van der Waals surface area contributed by atoms with Crippen molar-refractivity contribution in [2.75, 3.05) is 13.1 Å². The average molecular weight is 277 g/mol. The third-order valence-corrected chi connectivity index (χ3v) is 3.55. The lowest BCUT2D eigenvalue weighted by Crippen LogP contribution is -2.39. The summed E-state index contributed by atoms with van der Waals surface area (Å²) in [7, 11) is 1.81. The fourth-order valence-electron chi connectivity index (χ4n) is 2.49. The monoisotopic (exact) mass is 277 g/mol. The molecule has 1 unspecified atom stereocenters. The van der Waals surface area contributed by atoms with Crippen molar-refractivity contribution in [3.63, 3.8) is 0 Å². The van der Waals surface area contributed by atoms with E-state index in [9.17, 15) is 9.59 Å². The number of carboxylic acids is 1. The molecule has 2 rings (SSSR count). The van der Waals surface area contributed by atoms with E-state index in [1.807, 2.05) is 13.1 Å². The van der Waals surface area contributed by atoms with E-state index in [2.05, 4.69) is 5.10 Å². The van der Waals surface area contributed by atoms with Gasteiger partial charge in [0.15, 0.2) is 0 Å². The summed E-state index contributed by atoms with van der Waals surface area (Å²) in [5.41, 5.74) is 0.859. The third-order valence-electron chi connectivity index (χ3n) is 3.55. The van der Waals surface area contributed by atoms with E-state index < -0.39 is 5.97 Å². The van der Waals surface area contributed by atoms with Crippen molar-refractivity contribution in [1.29, 1.82) is 0 Å². The average Bonchev–Trinajstić information content (AvgIpc) is 2.81. The van der Waals surface area contributed by atoms with Crippen molar-refractivity contribution in [3.8, 4) is 0 Å². The molecule has 0 radical (unpaired) electrons. The molecule has 6 heteroatoms. The highest BCUT2D eigenvalue weighted by molar-refractivity contribution is 5.91. The van der Waals surface area contributed by atoms with E-state index in [1.165, 1.54) is 6.08 Å². The van der Waals surface area contributed by atoms with Crippen molar-refractivity contribution in [2.45, 2.75) is 19.3 Å². The molecule has 0 bridgehead atoms. The Kier molecular flexibility index (Phi) is 4.55. The second kappa shape index (κ2) is 6.36. The van der Waals surface area contributed by atoms with Crippen molar-refractivity contribution < 1.29 is 14.7 Å². The van der Waals surface area contributed by atoms with E-state index >= 15 is 0 Å². The molecule has 0 spiro atoms. The first kappa shape index (κ1) is 14.3. The Balaban J connectivity index is 1.93. The number of aliphatic carboxylic acids is 1. The summed E-state index contributed by atoms with van der Waals surface area (Å²) >= 11 is 0. The van der Waals surface area contributed by atoms with Crippen LogP contribution >= 0.6 is 0 Å². The zero-order chi connectivity index (χ0) is 14.5. The molecule has 1 aliphatic rings. The molecule has 1 saturated heterocycles. The summed E-state index contributed by atoms with van der Waals surface area (Å²) < 4.78 is 1.69. The van der Waals surface area contributed by atoms with Gasteiger partial charge in [-0.15, -0.1) is 0 Å². The van der Waals surface area contributed by atoms with Crippen LogP contribution in [-0.2, 0) is 16.6 Å². The van der Waals surface area contributed by atoms with E-state index in [-0.39, 0.29) is 18.2 Å². The zero-order valence-electron chi connectivity index (χ0n) is 11.5. The highest BCUT2D eigenvalue weighted by Gasteiger charge is 2.24. The van der Waals surface area contributed by atoms with Crippen molar-refractivity contribution in [2.24, 2.45) is 13.0 Å². The molecule has 1 aromatic heterocycles. The van der Waals surface area contributed by atoms with Crippen LogP contribution in [0.25, 0.3) is 6.08 Å². The molecular weight excluding hydrogens is 258 g/mol. The normalized spacial score (nSPS) is 19.4. The molecule has 0 aromatic carbocycles. The Morgan fingerprint density at radius 1 is 1.55 bits per heavy atom. The van der Waals surface area contributed by atoms with Crippen LogP contribution in [0.2, 0.25) is 0 Å². The number of carbonyl (C=O) groups excluding carboxylic acids is 1. The van der Waals surface area contributed by atoms with Crippen LogP contribution in [0.15, 0.2) is 18.3 Å². The van der Waals surface area contributed by atoms with Crippen LogP contribution in [0, 0.1) is 5.92 Å². The number of rotatable bonds is 4. The Bertz CT molecular complexity index is 521. The second-order valence-electron chi connectivity index (χ2n) is 5.10. The minimum absolute atomic E-state index is 0.0651. The molecule has 1 atom stereocenters. The summed E-state index contributed by atoms with van der Waals surface area (Å²) in [6, 6.07) is 1.83. The maximum atomic E-state index is 12.1. The molecule has 2 heterocycles. The van der Waals surface area contributed by atoms with Gasteiger partial charge in [-0.05, 0) is 30.9 Å². The number of hydrogen-bond acceptors (Lipinski definition) is 3. The van der Waals surface area contributed by atoms with Crippen LogP contribution in [0.3, 0.4) is 0 Å².